The van der Waals surface area contributed by atoms with E-state index in [2.05, 4.69) is 20.9 Å². The van der Waals surface area contributed by atoms with E-state index in [4.69, 9.17) is 4.74 Å². The zero-order valence-electron chi connectivity index (χ0n) is 18.9. The van der Waals surface area contributed by atoms with Crippen molar-refractivity contribution in [2.75, 3.05) is 6.54 Å². The fourth-order valence-corrected chi connectivity index (χ4v) is 3.99. The highest BCUT2D eigenvalue weighted by atomic mass is 127. The zero-order chi connectivity index (χ0) is 21.7. The average molecular weight is 546 g/mol. The summed E-state index contributed by atoms with van der Waals surface area (Å²) in [7, 11) is 0. The number of halogens is 2. The summed E-state index contributed by atoms with van der Waals surface area (Å²) < 4.78 is 19.4. The molecule has 2 atom stereocenters. The Balaban J connectivity index is 0.00000341. The van der Waals surface area contributed by atoms with Crippen LogP contribution in [0.25, 0.3) is 0 Å². The molecule has 0 bridgehead atoms. The number of aliphatic imine (C=N–C) groups is 1. The Labute approximate surface area is 202 Å². The van der Waals surface area contributed by atoms with Gasteiger partial charge in [-0.15, -0.1) is 24.0 Å². The van der Waals surface area contributed by atoms with Gasteiger partial charge >= 0.3 is 6.09 Å². The van der Waals surface area contributed by atoms with E-state index in [0.717, 1.165) is 43.6 Å². The minimum atomic E-state index is -0.483. The molecule has 1 amide bonds. The van der Waals surface area contributed by atoms with Crippen molar-refractivity contribution in [2.24, 2.45) is 4.99 Å². The van der Waals surface area contributed by atoms with Crippen molar-refractivity contribution < 1.29 is 13.9 Å². The van der Waals surface area contributed by atoms with Crippen LogP contribution in [0, 0.1) is 5.82 Å². The largest absolute Gasteiger partial charge is 0.444 e. The second-order valence-corrected chi connectivity index (χ2v) is 9.28. The van der Waals surface area contributed by atoms with Gasteiger partial charge < -0.3 is 20.7 Å². The predicted octanol–water partition coefficient (Wildman–Crippen LogP) is 4.69. The van der Waals surface area contributed by atoms with Crippen molar-refractivity contribution in [3.8, 4) is 0 Å². The standard InChI is InChI=1S/C23H35FN4O2.HI/c1-5-25-21(28-20-14-18(20)17-8-6-7-9-19(17)24)26-15-10-12-16(13-11-15)27-22(29)30-23(2,3)4;/h6-9,15-16,18,20H,5,10-14H2,1-4H3,(H,27,29)(H2,25,26,28);1H. The molecule has 0 heterocycles. The Hall–Kier alpha value is -1.58. The summed E-state index contributed by atoms with van der Waals surface area (Å²) in [5.41, 5.74) is 0.295. The molecule has 3 N–H and O–H groups in total. The number of carbonyl (C=O) groups is 1. The monoisotopic (exact) mass is 546 g/mol. The first-order chi connectivity index (χ1) is 14.2. The van der Waals surface area contributed by atoms with E-state index in [1.165, 1.54) is 6.07 Å². The smallest absolute Gasteiger partial charge is 0.407 e. The Bertz CT molecular complexity index is 760. The van der Waals surface area contributed by atoms with E-state index in [9.17, 15) is 9.18 Å². The second-order valence-electron chi connectivity index (χ2n) is 9.28. The summed E-state index contributed by atoms with van der Waals surface area (Å²) in [4.78, 5) is 16.5. The molecule has 6 nitrogen and oxygen atoms in total. The van der Waals surface area contributed by atoms with Gasteiger partial charge in [0.25, 0.3) is 0 Å². The Morgan fingerprint density at radius 2 is 1.71 bits per heavy atom. The quantitative estimate of drug-likeness (QED) is 0.285. The van der Waals surface area contributed by atoms with Gasteiger partial charge in [0.05, 0.1) is 0 Å². The molecule has 174 valence electrons. The maximum atomic E-state index is 14.0. The van der Waals surface area contributed by atoms with Crippen LogP contribution >= 0.6 is 24.0 Å². The number of alkyl carbamates (subject to hydrolysis) is 1. The molecule has 1 aromatic carbocycles. The highest BCUT2D eigenvalue weighted by Gasteiger charge is 2.40. The van der Waals surface area contributed by atoms with Gasteiger partial charge in [-0.25, -0.2) is 9.18 Å². The van der Waals surface area contributed by atoms with Gasteiger partial charge in [0.1, 0.15) is 11.4 Å². The maximum absolute atomic E-state index is 14.0. The minimum absolute atomic E-state index is 0. The van der Waals surface area contributed by atoms with Crippen LogP contribution in [0.5, 0.6) is 0 Å². The molecular formula is C23H36FIN4O2. The predicted molar refractivity (Wildman–Crippen MR) is 133 cm³/mol. The lowest BCUT2D eigenvalue weighted by molar-refractivity contribution is 0.0490. The SMILES string of the molecule is CCN=C(NC1CCC(NC(=O)OC(C)(C)C)CC1)NC1CC1c1ccccc1F.I. The van der Waals surface area contributed by atoms with Crippen LogP contribution in [0.2, 0.25) is 0 Å². The van der Waals surface area contributed by atoms with E-state index < -0.39 is 5.60 Å². The summed E-state index contributed by atoms with van der Waals surface area (Å²) in [6, 6.07) is 7.67. The number of nitrogens with zero attached hydrogens (tertiary/aromatic N) is 1. The summed E-state index contributed by atoms with van der Waals surface area (Å²) in [6.45, 7) is 8.29. The molecule has 3 rings (SSSR count). The third kappa shape index (κ3) is 8.12. The molecule has 0 aromatic heterocycles. The summed E-state index contributed by atoms with van der Waals surface area (Å²) >= 11 is 0. The number of carbonyl (C=O) groups excluding carboxylic acids is 1. The first-order valence-corrected chi connectivity index (χ1v) is 11.1. The van der Waals surface area contributed by atoms with Crippen LogP contribution < -0.4 is 16.0 Å². The molecule has 2 saturated carbocycles. The molecule has 0 saturated heterocycles. The van der Waals surface area contributed by atoms with Crippen LogP contribution in [-0.4, -0.2) is 42.3 Å². The fourth-order valence-electron chi connectivity index (χ4n) is 3.99. The molecule has 0 spiro atoms. The average Bonchev–Trinajstić information content (AvgIpc) is 3.41. The Morgan fingerprint density at radius 1 is 1.10 bits per heavy atom. The van der Waals surface area contributed by atoms with Crippen molar-refractivity contribution in [2.45, 2.75) is 89.4 Å². The third-order valence-electron chi connectivity index (χ3n) is 5.52. The number of hydrogen-bond donors (Lipinski definition) is 3. The lowest BCUT2D eigenvalue weighted by Crippen LogP contribution is -2.48. The second kappa shape index (κ2) is 11.3. The lowest BCUT2D eigenvalue weighted by atomic mass is 9.91. The minimum Gasteiger partial charge on any atom is -0.444 e. The molecule has 8 heteroatoms. The number of rotatable bonds is 5. The van der Waals surface area contributed by atoms with Crippen molar-refractivity contribution in [3.05, 3.63) is 35.6 Å². The molecule has 2 unspecified atom stereocenters. The first kappa shape index (κ1) is 25.7. The number of benzene rings is 1. The van der Waals surface area contributed by atoms with Gasteiger partial charge in [0.15, 0.2) is 5.96 Å². The lowest BCUT2D eigenvalue weighted by Gasteiger charge is -2.31. The van der Waals surface area contributed by atoms with Crippen molar-refractivity contribution >= 4 is 36.0 Å². The maximum Gasteiger partial charge on any atom is 0.407 e. The van der Waals surface area contributed by atoms with Crippen LogP contribution in [-0.2, 0) is 4.74 Å². The van der Waals surface area contributed by atoms with Gasteiger partial charge in [-0.2, -0.15) is 0 Å². The van der Waals surface area contributed by atoms with Gasteiger partial charge in [-0.3, -0.25) is 4.99 Å². The molecule has 0 aliphatic heterocycles. The Morgan fingerprint density at radius 3 is 2.29 bits per heavy atom. The molecule has 2 aliphatic carbocycles. The number of hydrogen-bond acceptors (Lipinski definition) is 3. The van der Waals surface area contributed by atoms with Gasteiger partial charge in [-0.1, -0.05) is 18.2 Å². The molecule has 31 heavy (non-hydrogen) atoms. The van der Waals surface area contributed by atoms with Crippen LogP contribution in [0.1, 0.15) is 71.3 Å². The van der Waals surface area contributed by atoms with Crippen molar-refractivity contribution in [1.29, 1.82) is 0 Å². The summed E-state index contributed by atoms with van der Waals surface area (Å²) in [6.07, 6.45) is 4.27. The van der Waals surface area contributed by atoms with E-state index in [1.807, 2.05) is 39.8 Å². The van der Waals surface area contributed by atoms with Crippen molar-refractivity contribution in [1.82, 2.24) is 16.0 Å². The molecule has 2 fully saturated rings. The van der Waals surface area contributed by atoms with E-state index in [0.29, 0.717) is 12.6 Å². The topological polar surface area (TPSA) is 74.8 Å². The number of guanidine groups is 1. The first-order valence-electron chi connectivity index (χ1n) is 11.1. The molecular weight excluding hydrogens is 510 g/mol. The molecule has 1 aromatic rings. The van der Waals surface area contributed by atoms with E-state index >= 15 is 0 Å². The highest BCUT2D eigenvalue weighted by Crippen LogP contribution is 2.41. The molecule has 0 radical (unpaired) electrons. The zero-order valence-corrected chi connectivity index (χ0v) is 21.2. The number of nitrogens with one attached hydrogen (secondary N) is 3. The van der Waals surface area contributed by atoms with Crippen LogP contribution in [0.3, 0.4) is 0 Å². The van der Waals surface area contributed by atoms with Crippen LogP contribution in [0.4, 0.5) is 9.18 Å². The van der Waals surface area contributed by atoms with Gasteiger partial charge in [-0.05, 0) is 71.4 Å². The normalized spacial score (nSPS) is 25.8. The van der Waals surface area contributed by atoms with Crippen molar-refractivity contribution in [3.63, 3.8) is 0 Å². The highest BCUT2D eigenvalue weighted by molar-refractivity contribution is 14.0. The van der Waals surface area contributed by atoms with Crippen LogP contribution in [0.15, 0.2) is 29.3 Å². The number of ether oxygens (including phenoxy) is 1. The molecule has 2 aliphatic rings. The Kier molecular flexibility index (Phi) is 9.39. The third-order valence-corrected chi connectivity index (χ3v) is 5.52. The summed E-state index contributed by atoms with van der Waals surface area (Å²) in [5, 5.41) is 9.97. The number of amides is 1. The van der Waals surface area contributed by atoms with E-state index in [1.54, 1.807) is 6.07 Å². The summed E-state index contributed by atoms with van der Waals surface area (Å²) in [5.74, 6) is 0.860. The van der Waals surface area contributed by atoms with E-state index in [-0.39, 0.29) is 53.9 Å². The fraction of sp³-hybridized carbons (Fsp3) is 0.652. The van der Waals surface area contributed by atoms with Gasteiger partial charge in [0.2, 0.25) is 0 Å². The van der Waals surface area contributed by atoms with Gasteiger partial charge in [0, 0.05) is 30.6 Å².